The molecule has 7 heteroatoms. The Kier molecular flexibility index (Phi) is 4.75. The van der Waals surface area contributed by atoms with Crippen molar-refractivity contribution in [2.24, 2.45) is 0 Å². The summed E-state index contributed by atoms with van der Waals surface area (Å²) in [6, 6.07) is 15.9. The highest BCUT2D eigenvalue weighted by atomic mass is 32.2. The number of aromatic nitrogens is 1. The number of carbonyl (C=O) groups excluding carboxylic acids is 2. The van der Waals surface area contributed by atoms with Gasteiger partial charge < -0.3 is 15.0 Å². The first-order valence-electron chi connectivity index (χ1n) is 8.57. The van der Waals surface area contributed by atoms with Crippen LogP contribution in [0.15, 0.2) is 70.7 Å². The molecule has 2 aromatic carbocycles. The average Bonchev–Trinajstić information content (AvgIpc) is 2.83. The van der Waals surface area contributed by atoms with E-state index in [1.165, 1.54) is 11.8 Å². The second-order valence-corrected chi connectivity index (χ2v) is 7.22. The number of pyridine rings is 1. The largest absolute Gasteiger partial charge is 0.497 e. The minimum absolute atomic E-state index is 0.121. The maximum Gasteiger partial charge on any atom is 0.260 e. The van der Waals surface area contributed by atoms with Gasteiger partial charge in [0.2, 0.25) is 0 Å². The van der Waals surface area contributed by atoms with Crippen LogP contribution >= 0.6 is 11.8 Å². The zero-order valence-corrected chi connectivity index (χ0v) is 16.1. The summed E-state index contributed by atoms with van der Waals surface area (Å²) in [6.07, 6.45) is 1.66. The Morgan fingerprint density at radius 3 is 2.68 bits per heavy atom. The van der Waals surface area contributed by atoms with E-state index in [9.17, 15) is 9.59 Å². The van der Waals surface area contributed by atoms with Gasteiger partial charge in [0.05, 0.1) is 18.4 Å². The SMILES string of the molecule is COc1ccc(NC(=O)c2ccc3c(c2)Sc2ncccc2C(=O)N3C)cc1. The summed E-state index contributed by atoms with van der Waals surface area (Å²) >= 11 is 1.38. The molecule has 3 aromatic rings. The molecule has 0 aliphatic carbocycles. The third kappa shape index (κ3) is 3.32. The predicted molar refractivity (Wildman–Crippen MR) is 108 cm³/mol. The standard InChI is InChI=1S/C21H17N3O3S/c1-24-17-10-5-13(19(25)23-14-6-8-15(27-2)9-7-14)12-18(17)28-20-16(21(24)26)4-3-11-22-20/h3-12H,1-2H3,(H,23,25). The molecule has 0 saturated carbocycles. The van der Waals surface area contributed by atoms with E-state index in [0.29, 0.717) is 21.8 Å². The normalized spacial score (nSPS) is 12.6. The first-order valence-corrected chi connectivity index (χ1v) is 9.39. The van der Waals surface area contributed by atoms with Crippen LogP contribution in [-0.4, -0.2) is 31.0 Å². The lowest BCUT2D eigenvalue weighted by atomic mass is 10.1. The molecule has 28 heavy (non-hydrogen) atoms. The molecule has 0 bridgehead atoms. The van der Waals surface area contributed by atoms with Gasteiger partial charge in [-0.3, -0.25) is 9.59 Å². The Morgan fingerprint density at radius 2 is 1.93 bits per heavy atom. The van der Waals surface area contributed by atoms with E-state index in [4.69, 9.17) is 4.74 Å². The number of nitrogens with one attached hydrogen (secondary N) is 1. The van der Waals surface area contributed by atoms with Gasteiger partial charge >= 0.3 is 0 Å². The molecule has 140 valence electrons. The fraction of sp³-hybridized carbons (Fsp3) is 0.0952. The zero-order chi connectivity index (χ0) is 19.7. The van der Waals surface area contributed by atoms with Crippen LogP contribution < -0.4 is 15.0 Å². The van der Waals surface area contributed by atoms with Crippen LogP contribution in [0.25, 0.3) is 0 Å². The molecule has 1 aliphatic heterocycles. The fourth-order valence-corrected chi connectivity index (χ4v) is 4.00. The number of rotatable bonds is 3. The second-order valence-electron chi connectivity index (χ2n) is 6.19. The molecule has 0 saturated heterocycles. The Hall–Kier alpha value is -3.32. The van der Waals surface area contributed by atoms with E-state index in [0.717, 1.165) is 16.3 Å². The summed E-state index contributed by atoms with van der Waals surface area (Å²) in [4.78, 5) is 32.1. The molecule has 0 atom stereocenters. The Bertz CT molecular complexity index is 1070. The third-order valence-corrected chi connectivity index (χ3v) is 5.51. The molecule has 6 nitrogen and oxygen atoms in total. The van der Waals surface area contributed by atoms with Crippen molar-refractivity contribution in [2.75, 3.05) is 24.4 Å². The van der Waals surface area contributed by atoms with Crippen molar-refractivity contribution in [3.8, 4) is 5.75 Å². The number of amides is 2. The second kappa shape index (κ2) is 7.36. The van der Waals surface area contributed by atoms with E-state index >= 15 is 0 Å². The molecule has 2 amide bonds. The summed E-state index contributed by atoms with van der Waals surface area (Å²) in [6.45, 7) is 0. The molecular formula is C21H17N3O3S. The lowest BCUT2D eigenvalue weighted by Gasteiger charge is -2.17. The lowest BCUT2D eigenvalue weighted by Crippen LogP contribution is -2.26. The number of hydrogen-bond acceptors (Lipinski definition) is 5. The number of hydrogen-bond donors (Lipinski definition) is 1. The molecule has 0 spiro atoms. The number of methoxy groups -OCH3 is 1. The molecule has 1 aromatic heterocycles. The van der Waals surface area contributed by atoms with Gasteiger partial charge in [-0.25, -0.2) is 4.98 Å². The van der Waals surface area contributed by atoms with Crippen molar-refractivity contribution in [1.29, 1.82) is 0 Å². The Morgan fingerprint density at radius 1 is 1.14 bits per heavy atom. The Balaban J connectivity index is 1.64. The van der Waals surface area contributed by atoms with E-state index in [-0.39, 0.29) is 11.8 Å². The monoisotopic (exact) mass is 391 g/mol. The predicted octanol–water partition coefficient (Wildman–Crippen LogP) is 4.08. The minimum atomic E-state index is -0.229. The number of carbonyl (C=O) groups is 2. The fourth-order valence-electron chi connectivity index (χ4n) is 2.92. The third-order valence-electron chi connectivity index (χ3n) is 4.44. The maximum absolute atomic E-state index is 12.7. The van der Waals surface area contributed by atoms with Crippen molar-refractivity contribution >= 4 is 35.0 Å². The van der Waals surface area contributed by atoms with Crippen molar-refractivity contribution < 1.29 is 14.3 Å². The van der Waals surface area contributed by atoms with Crippen molar-refractivity contribution in [2.45, 2.75) is 9.92 Å². The zero-order valence-electron chi connectivity index (χ0n) is 15.3. The van der Waals surface area contributed by atoms with E-state index in [1.54, 1.807) is 79.9 Å². The lowest BCUT2D eigenvalue weighted by molar-refractivity contribution is 0.0988. The van der Waals surface area contributed by atoms with Gasteiger partial charge in [0.1, 0.15) is 10.8 Å². The number of ether oxygens (including phenoxy) is 1. The van der Waals surface area contributed by atoms with Crippen LogP contribution in [0.2, 0.25) is 0 Å². The summed E-state index contributed by atoms with van der Waals surface area (Å²) < 4.78 is 5.13. The van der Waals surface area contributed by atoms with Gasteiger partial charge in [-0.1, -0.05) is 11.8 Å². The molecule has 4 rings (SSSR count). The number of benzene rings is 2. The summed E-state index contributed by atoms with van der Waals surface area (Å²) in [5.74, 6) is 0.371. The minimum Gasteiger partial charge on any atom is -0.497 e. The molecule has 0 radical (unpaired) electrons. The van der Waals surface area contributed by atoms with Crippen LogP contribution in [0.1, 0.15) is 20.7 Å². The van der Waals surface area contributed by atoms with Crippen LogP contribution in [0, 0.1) is 0 Å². The number of nitrogens with zero attached hydrogens (tertiary/aromatic N) is 2. The van der Waals surface area contributed by atoms with Gasteiger partial charge in [-0.15, -0.1) is 0 Å². The molecule has 1 N–H and O–H groups in total. The highest BCUT2D eigenvalue weighted by Gasteiger charge is 2.26. The van der Waals surface area contributed by atoms with Gasteiger partial charge in [0, 0.05) is 29.4 Å². The number of anilines is 2. The van der Waals surface area contributed by atoms with E-state index in [2.05, 4.69) is 10.3 Å². The average molecular weight is 391 g/mol. The first-order chi connectivity index (χ1) is 13.6. The Labute approximate surface area is 166 Å². The van der Waals surface area contributed by atoms with Gasteiger partial charge in [0.25, 0.3) is 11.8 Å². The summed E-state index contributed by atoms with van der Waals surface area (Å²) in [5, 5.41) is 3.50. The van der Waals surface area contributed by atoms with Crippen LogP contribution in [-0.2, 0) is 0 Å². The summed E-state index contributed by atoms with van der Waals surface area (Å²) in [7, 11) is 3.32. The quantitative estimate of drug-likeness (QED) is 0.728. The molecule has 0 unspecified atom stereocenters. The molecule has 0 fully saturated rings. The first kappa shape index (κ1) is 18.1. The van der Waals surface area contributed by atoms with Gasteiger partial charge in [-0.2, -0.15) is 0 Å². The summed E-state index contributed by atoms with van der Waals surface area (Å²) in [5.41, 5.74) is 2.47. The van der Waals surface area contributed by atoms with Crippen LogP contribution in [0.3, 0.4) is 0 Å². The van der Waals surface area contributed by atoms with Crippen molar-refractivity contribution in [1.82, 2.24) is 4.98 Å². The number of fused-ring (bicyclic) bond motifs is 2. The topological polar surface area (TPSA) is 71.5 Å². The molecular weight excluding hydrogens is 374 g/mol. The van der Waals surface area contributed by atoms with Crippen LogP contribution in [0.5, 0.6) is 5.75 Å². The van der Waals surface area contributed by atoms with Gasteiger partial charge in [-0.05, 0) is 54.6 Å². The van der Waals surface area contributed by atoms with Crippen molar-refractivity contribution in [3.05, 3.63) is 71.9 Å². The smallest absolute Gasteiger partial charge is 0.260 e. The van der Waals surface area contributed by atoms with E-state index in [1.807, 2.05) is 0 Å². The highest BCUT2D eigenvalue weighted by Crippen LogP contribution is 2.40. The molecule has 2 heterocycles. The maximum atomic E-state index is 12.7. The van der Waals surface area contributed by atoms with E-state index < -0.39 is 0 Å². The van der Waals surface area contributed by atoms with Gasteiger partial charge in [0.15, 0.2) is 0 Å². The van der Waals surface area contributed by atoms with Crippen LogP contribution in [0.4, 0.5) is 11.4 Å². The molecule has 1 aliphatic rings. The van der Waals surface area contributed by atoms with Crippen molar-refractivity contribution in [3.63, 3.8) is 0 Å². The highest BCUT2D eigenvalue weighted by molar-refractivity contribution is 7.99.